The van der Waals surface area contributed by atoms with Gasteiger partial charge < -0.3 is 0 Å². The second kappa shape index (κ2) is 25.4. The maximum atomic E-state index is 2.12. The predicted octanol–water partition coefficient (Wildman–Crippen LogP) is 9.00. The van der Waals surface area contributed by atoms with Gasteiger partial charge in [-0.3, -0.25) is 0 Å². The van der Waals surface area contributed by atoms with E-state index in [1.165, 1.54) is 32.1 Å². The Morgan fingerprint density at radius 1 is 0.650 bits per heavy atom. The van der Waals surface area contributed by atoms with E-state index in [-0.39, 0.29) is 0 Å². The molecule has 0 spiro atoms. The van der Waals surface area contributed by atoms with Gasteiger partial charge in [0.15, 0.2) is 0 Å². The van der Waals surface area contributed by atoms with Gasteiger partial charge in [-0.2, -0.15) is 0 Å². The molecule has 2 fully saturated rings. The summed E-state index contributed by atoms with van der Waals surface area (Å²) in [6, 6.07) is 0. The summed E-state index contributed by atoms with van der Waals surface area (Å²) >= 11 is 4.24. The Morgan fingerprint density at radius 3 is 1.05 bits per heavy atom. The Bertz CT molecular complexity index is 111. The number of rotatable bonds is 2. The molecule has 0 saturated heterocycles. The van der Waals surface area contributed by atoms with E-state index in [9.17, 15) is 0 Å². The maximum Gasteiger partial charge on any atom is 0 e. The summed E-state index contributed by atoms with van der Waals surface area (Å²) in [6.07, 6.45) is 15.1. The Morgan fingerprint density at radius 2 is 0.850 bits per heavy atom. The highest BCUT2D eigenvalue weighted by molar-refractivity contribution is 15.0. The Hall–Kier alpha value is 1.46. The maximum absolute atomic E-state index is 2.12. The van der Waals surface area contributed by atoms with Crippen LogP contribution in [-0.2, 0) is 0 Å². The SMILES string of the molecule is C1CCC(CC2CCCC2)C1.CC.CC.CCC.II. The van der Waals surface area contributed by atoms with Crippen LogP contribution in [0.2, 0.25) is 0 Å². The number of halogens is 2. The Labute approximate surface area is 154 Å². The first-order valence-corrected chi connectivity index (χ1v) is 15.3. The molecule has 0 unspecified atom stereocenters. The van der Waals surface area contributed by atoms with Crippen molar-refractivity contribution in [2.75, 3.05) is 0 Å². The molecule has 2 aliphatic carbocycles. The first-order chi connectivity index (χ1) is 9.86. The highest BCUT2D eigenvalue weighted by atomic mass is 128. The van der Waals surface area contributed by atoms with E-state index in [0.717, 1.165) is 11.8 Å². The highest BCUT2D eigenvalue weighted by Crippen LogP contribution is 2.36. The fourth-order valence-electron chi connectivity index (χ4n) is 2.96. The van der Waals surface area contributed by atoms with Crippen LogP contribution in [0.1, 0.15) is 106 Å². The second-order valence-electron chi connectivity index (χ2n) is 5.24. The molecule has 2 rings (SSSR count). The van der Waals surface area contributed by atoms with E-state index in [0.29, 0.717) is 0 Å². The normalized spacial score (nSPS) is 17.4. The summed E-state index contributed by atoms with van der Waals surface area (Å²) in [4.78, 5) is 0. The summed E-state index contributed by atoms with van der Waals surface area (Å²) < 4.78 is 0. The lowest BCUT2D eigenvalue weighted by Gasteiger charge is -2.13. The van der Waals surface area contributed by atoms with Crippen molar-refractivity contribution in [2.24, 2.45) is 11.8 Å². The van der Waals surface area contributed by atoms with Crippen molar-refractivity contribution in [3.63, 3.8) is 0 Å². The lowest BCUT2D eigenvalue weighted by Crippen LogP contribution is -2.01. The molecule has 20 heavy (non-hydrogen) atoms. The smallest absolute Gasteiger partial charge is 0 e. The van der Waals surface area contributed by atoms with Crippen LogP contribution < -0.4 is 0 Å². The van der Waals surface area contributed by atoms with Crippen molar-refractivity contribution in [1.82, 2.24) is 0 Å². The summed E-state index contributed by atoms with van der Waals surface area (Å²) in [5.41, 5.74) is 0. The van der Waals surface area contributed by atoms with Crippen molar-refractivity contribution < 1.29 is 0 Å². The van der Waals surface area contributed by atoms with E-state index in [1.807, 2.05) is 27.7 Å². The van der Waals surface area contributed by atoms with Gasteiger partial charge >= 0.3 is 0 Å². The molecule has 2 saturated carbocycles. The molecule has 0 aromatic heterocycles. The largest absolute Gasteiger partial charge is 0.0683 e. The van der Waals surface area contributed by atoms with Crippen molar-refractivity contribution >= 4 is 37.2 Å². The predicted molar refractivity (Wildman–Crippen MR) is 115 cm³/mol. The Kier molecular flexibility index (Phi) is 33.5. The summed E-state index contributed by atoms with van der Waals surface area (Å²) in [5, 5.41) is 0. The monoisotopic (exact) mass is 510 g/mol. The fourth-order valence-corrected chi connectivity index (χ4v) is 2.96. The lowest BCUT2D eigenvalue weighted by molar-refractivity contribution is 0.382. The third-order valence-corrected chi connectivity index (χ3v) is 3.62. The van der Waals surface area contributed by atoms with Gasteiger partial charge in [-0.15, -0.1) is 0 Å². The molecule has 0 bridgehead atoms. The zero-order chi connectivity index (χ0) is 16.2. The van der Waals surface area contributed by atoms with Crippen molar-refractivity contribution in [3.8, 4) is 0 Å². The quantitative estimate of drug-likeness (QED) is 0.325. The molecule has 0 heterocycles. The molecule has 0 aromatic rings. The van der Waals surface area contributed by atoms with Gasteiger partial charge in [0.25, 0.3) is 0 Å². The van der Waals surface area contributed by atoms with Gasteiger partial charge in [-0.1, -0.05) is 99.3 Å². The summed E-state index contributed by atoms with van der Waals surface area (Å²) in [6.45, 7) is 12.2. The van der Waals surface area contributed by atoms with Crippen LogP contribution in [0.5, 0.6) is 0 Å². The highest BCUT2D eigenvalue weighted by Gasteiger charge is 2.22. The average Bonchev–Trinajstić information content (AvgIpc) is 3.21. The van der Waals surface area contributed by atoms with Crippen LogP contribution in [0.4, 0.5) is 0 Å². The standard InChI is InChI=1S/C11H20.C3H8.2C2H6.I2/c1-2-6-10(5-1)9-11-7-3-4-8-11;1-3-2;3*1-2/h10-11H,1-9H2;3H2,1-2H3;2*1-2H3;. The minimum Gasteiger partial charge on any atom is -0.0683 e. The van der Waals surface area contributed by atoms with Crippen LogP contribution in [-0.4, -0.2) is 0 Å². The first kappa shape index (κ1) is 26.4. The van der Waals surface area contributed by atoms with Crippen LogP contribution in [0, 0.1) is 11.8 Å². The molecule has 0 aromatic carbocycles. The molecule has 0 aliphatic heterocycles. The third kappa shape index (κ3) is 17.5. The second-order valence-corrected chi connectivity index (χ2v) is 5.24. The minimum atomic E-state index is 1.14. The van der Waals surface area contributed by atoms with Crippen LogP contribution >= 0.6 is 37.2 Å². The van der Waals surface area contributed by atoms with E-state index in [2.05, 4.69) is 51.1 Å². The van der Waals surface area contributed by atoms with E-state index < -0.39 is 0 Å². The lowest BCUT2D eigenvalue weighted by atomic mass is 9.92. The Balaban J connectivity index is -0.000000275. The van der Waals surface area contributed by atoms with E-state index in [4.69, 9.17) is 0 Å². The zero-order valence-corrected chi connectivity index (χ0v) is 19.3. The molecule has 0 N–H and O–H groups in total. The number of hydrogen-bond donors (Lipinski definition) is 0. The van der Waals surface area contributed by atoms with Crippen LogP contribution in [0.15, 0.2) is 0 Å². The molecule has 0 atom stereocenters. The molecular formula is C18H40I2. The molecule has 126 valence electrons. The zero-order valence-electron chi connectivity index (χ0n) is 15.0. The minimum absolute atomic E-state index is 1.14. The van der Waals surface area contributed by atoms with Gasteiger partial charge in [-0.25, -0.2) is 0 Å². The van der Waals surface area contributed by atoms with Gasteiger partial charge in [0.2, 0.25) is 0 Å². The summed E-state index contributed by atoms with van der Waals surface area (Å²) in [7, 11) is 0. The van der Waals surface area contributed by atoms with Crippen LogP contribution in [0.25, 0.3) is 0 Å². The van der Waals surface area contributed by atoms with Crippen molar-refractivity contribution in [3.05, 3.63) is 0 Å². The number of hydrogen-bond acceptors (Lipinski definition) is 0. The molecule has 0 nitrogen and oxygen atoms in total. The van der Waals surface area contributed by atoms with Crippen LogP contribution in [0.3, 0.4) is 0 Å². The third-order valence-electron chi connectivity index (χ3n) is 3.62. The first-order valence-electron chi connectivity index (χ1n) is 9.01. The van der Waals surface area contributed by atoms with Crippen molar-refractivity contribution in [2.45, 2.75) is 106 Å². The summed E-state index contributed by atoms with van der Waals surface area (Å²) in [5.74, 6) is 2.27. The van der Waals surface area contributed by atoms with E-state index in [1.54, 1.807) is 32.1 Å². The molecular weight excluding hydrogens is 470 g/mol. The molecule has 2 aliphatic rings. The topological polar surface area (TPSA) is 0 Å². The fraction of sp³-hybridized carbons (Fsp3) is 1.00. The van der Waals surface area contributed by atoms with Crippen molar-refractivity contribution in [1.29, 1.82) is 0 Å². The van der Waals surface area contributed by atoms with Gasteiger partial charge in [0, 0.05) is 37.2 Å². The van der Waals surface area contributed by atoms with Gasteiger partial charge in [-0.05, 0) is 18.3 Å². The van der Waals surface area contributed by atoms with Gasteiger partial charge in [0.05, 0.1) is 0 Å². The van der Waals surface area contributed by atoms with E-state index >= 15 is 0 Å². The van der Waals surface area contributed by atoms with Gasteiger partial charge in [0.1, 0.15) is 0 Å². The molecule has 2 heteroatoms. The molecule has 0 amide bonds. The average molecular weight is 510 g/mol. The molecule has 0 radical (unpaired) electrons.